The lowest BCUT2D eigenvalue weighted by molar-refractivity contribution is -0.137. The molecule has 0 aromatic heterocycles. The summed E-state index contributed by atoms with van der Waals surface area (Å²) in [5.74, 6) is -1.36. The molecule has 1 N–H and O–H groups in total. The first kappa shape index (κ1) is 17.7. The van der Waals surface area contributed by atoms with Crippen LogP contribution in [0.25, 0.3) is 0 Å². The summed E-state index contributed by atoms with van der Waals surface area (Å²) in [6.45, 7) is 4.81. The third-order valence-corrected chi connectivity index (χ3v) is 3.44. The van der Waals surface area contributed by atoms with Crippen LogP contribution in [0.2, 0.25) is 0 Å². The number of benzene rings is 1. The minimum Gasteiger partial charge on any atom is -0.481 e. The van der Waals surface area contributed by atoms with E-state index >= 15 is 0 Å². The molecule has 0 saturated carbocycles. The molecule has 1 aromatic rings. The van der Waals surface area contributed by atoms with Crippen LogP contribution in [0.15, 0.2) is 24.3 Å². The van der Waals surface area contributed by atoms with Gasteiger partial charge < -0.3 is 14.9 Å². The number of hydrogen-bond donors (Lipinski definition) is 1. The fraction of sp³-hybridized carbons (Fsp3) is 0.438. The molecule has 0 heterocycles. The Morgan fingerprint density at radius 1 is 1.05 bits per heavy atom. The molecule has 22 heavy (non-hydrogen) atoms. The lowest BCUT2D eigenvalue weighted by atomic mass is 10.1. The predicted octanol–water partition coefficient (Wildman–Crippen LogP) is 1.72. The number of hydrogen-bond acceptors (Lipinski definition) is 3. The predicted molar refractivity (Wildman–Crippen MR) is 82.9 cm³/mol. The average molecular weight is 306 g/mol. The molecule has 0 aliphatic heterocycles. The van der Waals surface area contributed by atoms with Gasteiger partial charge in [0.05, 0.1) is 6.42 Å². The van der Waals surface area contributed by atoms with Crippen molar-refractivity contribution in [3.63, 3.8) is 0 Å². The molecule has 1 aromatic carbocycles. The van der Waals surface area contributed by atoms with Crippen molar-refractivity contribution in [3.8, 4) is 0 Å². The summed E-state index contributed by atoms with van der Waals surface area (Å²) < 4.78 is 0. The van der Waals surface area contributed by atoms with Gasteiger partial charge in [-0.3, -0.25) is 14.4 Å². The molecular formula is C16H22N2O4. The van der Waals surface area contributed by atoms with E-state index in [9.17, 15) is 14.4 Å². The maximum atomic E-state index is 12.4. The minimum atomic E-state index is -0.945. The molecule has 0 saturated heterocycles. The van der Waals surface area contributed by atoms with Gasteiger partial charge >= 0.3 is 5.97 Å². The fourth-order valence-electron chi connectivity index (χ4n) is 1.97. The molecule has 0 unspecified atom stereocenters. The van der Waals surface area contributed by atoms with Gasteiger partial charge in [-0.25, -0.2) is 0 Å². The van der Waals surface area contributed by atoms with Gasteiger partial charge in [-0.1, -0.05) is 6.07 Å². The van der Waals surface area contributed by atoms with Crippen LogP contribution in [0.5, 0.6) is 0 Å². The van der Waals surface area contributed by atoms with Crippen LogP contribution in [-0.2, 0) is 4.79 Å². The van der Waals surface area contributed by atoms with Gasteiger partial charge in [-0.15, -0.1) is 0 Å². The molecule has 0 spiro atoms. The fourth-order valence-corrected chi connectivity index (χ4v) is 1.97. The molecule has 0 atom stereocenters. The Kier molecular flexibility index (Phi) is 6.56. The van der Waals surface area contributed by atoms with Crippen LogP contribution >= 0.6 is 0 Å². The molecule has 0 aliphatic rings. The zero-order valence-electron chi connectivity index (χ0n) is 13.2. The Morgan fingerprint density at radius 2 is 1.64 bits per heavy atom. The highest BCUT2D eigenvalue weighted by atomic mass is 16.4. The van der Waals surface area contributed by atoms with Crippen molar-refractivity contribution in [3.05, 3.63) is 35.4 Å². The number of nitrogens with zero attached hydrogens (tertiary/aromatic N) is 2. The van der Waals surface area contributed by atoms with Gasteiger partial charge in [0.1, 0.15) is 0 Å². The SMILES string of the molecule is CCN(C)C(=O)c1cccc(C(=O)N(CC)CCC(=O)O)c1. The number of carbonyl (C=O) groups is 3. The largest absolute Gasteiger partial charge is 0.481 e. The summed E-state index contributed by atoms with van der Waals surface area (Å²) in [6, 6.07) is 6.52. The van der Waals surface area contributed by atoms with Gasteiger partial charge in [-0.05, 0) is 32.0 Å². The smallest absolute Gasteiger partial charge is 0.305 e. The monoisotopic (exact) mass is 306 g/mol. The second-order valence-corrected chi connectivity index (χ2v) is 4.93. The average Bonchev–Trinajstić information content (AvgIpc) is 2.53. The van der Waals surface area contributed by atoms with Crippen molar-refractivity contribution in [2.24, 2.45) is 0 Å². The summed E-state index contributed by atoms with van der Waals surface area (Å²) in [6.07, 6.45) is -0.100. The topological polar surface area (TPSA) is 77.9 Å². The van der Waals surface area contributed by atoms with Crippen molar-refractivity contribution in [1.29, 1.82) is 0 Å². The molecule has 1 rings (SSSR count). The van der Waals surface area contributed by atoms with Crippen molar-refractivity contribution < 1.29 is 19.5 Å². The van der Waals surface area contributed by atoms with Crippen LogP contribution in [0.1, 0.15) is 41.0 Å². The molecule has 6 heteroatoms. The van der Waals surface area contributed by atoms with Gasteiger partial charge in [0.2, 0.25) is 0 Å². The van der Waals surface area contributed by atoms with E-state index in [2.05, 4.69) is 0 Å². The number of amides is 2. The summed E-state index contributed by atoms with van der Waals surface area (Å²) in [7, 11) is 1.70. The first-order valence-corrected chi connectivity index (χ1v) is 7.27. The number of carboxylic acid groups (broad SMARTS) is 1. The van der Waals surface area contributed by atoms with E-state index < -0.39 is 5.97 Å². The third-order valence-electron chi connectivity index (χ3n) is 3.44. The van der Waals surface area contributed by atoms with E-state index in [0.29, 0.717) is 24.2 Å². The highest BCUT2D eigenvalue weighted by molar-refractivity contribution is 5.99. The van der Waals surface area contributed by atoms with Crippen molar-refractivity contribution in [1.82, 2.24) is 9.80 Å². The quantitative estimate of drug-likeness (QED) is 0.832. The van der Waals surface area contributed by atoms with E-state index in [-0.39, 0.29) is 24.8 Å². The molecule has 120 valence electrons. The van der Waals surface area contributed by atoms with E-state index in [1.807, 2.05) is 6.92 Å². The van der Waals surface area contributed by atoms with Crippen LogP contribution in [0.3, 0.4) is 0 Å². The van der Waals surface area contributed by atoms with Gasteiger partial charge in [0.25, 0.3) is 11.8 Å². The van der Waals surface area contributed by atoms with Crippen LogP contribution in [-0.4, -0.2) is 59.4 Å². The molecule has 0 radical (unpaired) electrons. The Morgan fingerprint density at radius 3 is 2.14 bits per heavy atom. The van der Waals surface area contributed by atoms with Crippen molar-refractivity contribution in [2.75, 3.05) is 26.7 Å². The van der Waals surface area contributed by atoms with Gasteiger partial charge in [0, 0.05) is 37.8 Å². The zero-order chi connectivity index (χ0) is 16.7. The Balaban J connectivity index is 2.93. The number of aliphatic carboxylic acids is 1. The molecule has 0 fully saturated rings. The second kappa shape index (κ2) is 8.17. The van der Waals surface area contributed by atoms with E-state index in [1.54, 1.807) is 43.1 Å². The summed E-state index contributed by atoms with van der Waals surface area (Å²) in [5, 5.41) is 8.73. The summed E-state index contributed by atoms with van der Waals surface area (Å²) in [4.78, 5) is 38.2. The minimum absolute atomic E-state index is 0.100. The van der Waals surface area contributed by atoms with Crippen LogP contribution in [0.4, 0.5) is 0 Å². The van der Waals surface area contributed by atoms with Gasteiger partial charge in [-0.2, -0.15) is 0 Å². The maximum Gasteiger partial charge on any atom is 0.305 e. The summed E-state index contributed by atoms with van der Waals surface area (Å²) in [5.41, 5.74) is 0.840. The number of rotatable bonds is 7. The third kappa shape index (κ3) is 4.58. The highest BCUT2D eigenvalue weighted by Crippen LogP contribution is 2.11. The van der Waals surface area contributed by atoms with Crippen molar-refractivity contribution in [2.45, 2.75) is 20.3 Å². The Hall–Kier alpha value is -2.37. The van der Waals surface area contributed by atoms with Gasteiger partial charge in [0.15, 0.2) is 0 Å². The van der Waals surface area contributed by atoms with E-state index in [1.165, 1.54) is 4.90 Å². The zero-order valence-corrected chi connectivity index (χ0v) is 13.2. The first-order chi connectivity index (χ1) is 10.4. The lowest BCUT2D eigenvalue weighted by Crippen LogP contribution is -2.33. The van der Waals surface area contributed by atoms with Crippen molar-refractivity contribution >= 4 is 17.8 Å². The Labute approximate surface area is 130 Å². The Bertz CT molecular complexity index is 557. The standard InChI is InChI=1S/C16H22N2O4/c1-4-17(3)15(21)12-7-6-8-13(11-12)16(22)18(5-2)10-9-14(19)20/h6-8,11H,4-5,9-10H2,1-3H3,(H,19,20). The maximum absolute atomic E-state index is 12.4. The molecule has 0 aliphatic carbocycles. The molecule has 2 amide bonds. The van der Waals surface area contributed by atoms with E-state index in [0.717, 1.165) is 0 Å². The normalized spacial score (nSPS) is 10.1. The molecule has 6 nitrogen and oxygen atoms in total. The van der Waals surface area contributed by atoms with Crippen LogP contribution in [0, 0.1) is 0 Å². The molecular weight excluding hydrogens is 284 g/mol. The number of carbonyl (C=O) groups excluding carboxylic acids is 2. The summed E-state index contributed by atoms with van der Waals surface area (Å²) >= 11 is 0. The van der Waals surface area contributed by atoms with Crippen LogP contribution < -0.4 is 0 Å². The molecule has 0 bridgehead atoms. The second-order valence-electron chi connectivity index (χ2n) is 4.93. The first-order valence-electron chi connectivity index (χ1n) is 7.27. The lowest BCUT2D eigenvalue weighted by Gasteiger charge is -2.20. The number of carboxylic acids is 1. The van der Waals surface area contributed by atoms with E-state index in [4.69, 9.17) is 5.11 Å². The highest BCUT2D eigenvalue weighted by Gasteiger charge is 2.17.